The van der Waals surface area contributed by atoms with Gasteiger partial charge in [0, 0.05) is 18.4 Å². The second-order valence-corrected chi connectivity index (χ2v) is 6.59. The minimum Gasteiger partial charge on any atom is -0.327 e. The van der Waals surface area contributed by atoms with Crippen molar-refractivity contribution in [3.63, 3.8) is 0 Å². The Hall–Kier alpha value is -0.740. The first-order chi connectivity index (χ1) is 9.08. The number of rotatable bonds is 3. The zero-order chi connectivity index (χ0) is 13.6. The number of benzene rings is 1. The van der Waals surface area contributed by atoms with Crippen molar-refractivity contribution >= 4 is 21.7 Å². The van der Waals surface area contributed by atoms with Crippen LogP contribution in [0.5, 0.6) is 0 Å². The normalized spacial score (nSPS) is 32.8. The molecular weight excluding hydrogens is 309 g/mol. The molecule has 2 nitrogen and oxygen atoms in total. The second kappa shape index (κ2) is 4.98. The lowest BCUT2D eigenvalue weighted by molar-refractivity contribution is -0.124. The number of Topliss-reactive ketones (excluding diaryl/α,β-unsaturated/α-hetero) is 1. The van der Waals surface area contributed by atoms with Crippen molar-refractivity contribution in [1.82, 2.24) is 0 Å². The van der Waals surface area contributed by atoms with Crippen LogP contribution in [-0.2, 0) is 11.2 Å². The third-order valence-electron chi connectivity index (χ3n) is 4.75. The molecule has 102 valence electrons. The molecule has 3 rings (SSSR count). The minimum absolute atomic E-state index is 0.0126. The number of halogens is 2. The van der Waals surface area contributed by atoms with E-state index in [0.29, 0.717) is 16.3 Å². The maximum Gasteiger partial charge on any atom is 0.142 e. The average Bonchev–Trinajstić information content (AvgIpc) is 2.95. The minimum atomic E-state index is -0.317. The van der Waals surface area contributed by atoms with Crippen molar-refractivity contribution in [2.24, 2.45) is 23.5 Å². The molecule has 2 bridgehead atoms. The molecule has 4 unspecified atom stereocenters. The lowest BCUT2D eigenvalue weighted by Crippen LogP contribution is -2.40. The largest absolute Gasteiger partial charge is 0.327 e. The van der Waals surface area contributed by atoms with Crippen molar-refractivity contribution < 1.29 is 9.18 Å². The average molecular weight is 326 g/mol. The quantitative estimate of drug-likeness (QED) is 0.928. The molecule has 0 saturated heterocycles. The van der Waals surface area contributed by atoms with Gasteiger partial charge in [0.15, 0.2) is 0 Å². The third-order valence-corrected chi connectivity index (χ3v) is 5.64. The Kier molecular flexibility index (Phi) is 3.48. The van der Waals surface area contributed by atoms with E-state index in [1.807, 2.05) is 0 Å². The van der Waals surface area contributed by atoms with Crippen LogP contribution in [0.25, 0.3) is 0 Å². The van der Waals surface area contributed by atoms with E-state index in [-0.39, 0.29) is 30.0 Å². The van der Waals surface area contributed by atoms with Crippen molar-refractivity contribution in [3.05, 3.63) is 34.1 Å². The lowest BCUT2D eigenvalue weighted by Gasteiger charge is -2.27. The van der Waals surface area contributed by atoms with Crippen LogP contribution in [0.4, 0.5) is 4.39 Å². The van der Waals surface area contributed by atoms with Crippen molar-refractivity contribution in [1.29, 1.82) is 0 Å². The van der Waals surface area contributed by atoms with Gasteiger partial charge in [-0.15, -0.1) is 0 Å². The van der Waals surface area contributed by atoms with Gasteiger partial charge >= 0.3 is 0 Å². The molecule has 2 saturated carbocycles. The Morgan fingerprint density at radius 3 is 2.79 bits per heavy atom. The Morgan fingerprint density at radius 2 is 2.11 bits per heavy atom. The van der Waals surface area contributed by atoms with Crippen molar-refractivity contribution in [2.45, 2.75) is 31.7 Å². The van der Waals surface area contributed by atoms with E-state index in [9.17, 15) is 9.18 Å². The summed E-state index contributed by atoms with van der Waals surface area (Å²) in [5.41, 5.74) is 6.90. The molecule has 1 aromatic rings. The molecule has 19 heavy (non-hydrogen) atoms. The summed E-state index contributed by atoms with van der Waals surface area (Å²) < 4.78 is 13.9. The Labute approximate surface area is 120 Å². The molecule has 2 aliphatic rings. The summed E-state index contributed by atoms with van der Waals surface area (Å²) in [6, 6.07) is 4.84. The van der Waals surface area contributed by atoms with Crippen LogP contribution >= 0.6 is 15.9 Å². The number of fused-ring (bicyclic) bond motifs is 2. The van der Waals surface area contributed by atoms with Gasteiger partial charge in [-0.2, -0.15) is 0 Å². The van der Waals surface area contributed by atoms with E-state index in [1.54, 1.807) is 12.1 Å². The standard InChI is InChI=1S/C15H17BrFNO/c16-14-9(2-1-3-11(14)17)7-12(19)13-8-4-5-10(6-8)15(13)18/h1-3,8,10,13,15H,4-7,18H2. The van der Waals surface area contributed by atoms with E-state index in [0.717, 1.165) is 18.4 Å². The van der Waals surface area contributed by atoms with Gasteiger partial charge < -0.3 is 5.73 Å². The second-order valence-electron chi connectivity index (χ2n) is 5.79. The van der Waals surface area contributed by atoms with Crippen molar-refractivity contribution in [3.8, 4) is 0 Å². The Bertz CT molecular complexity index is 517. The maximum atomic E-state index is 13.5. The fourth-order valence-corrected chi connectivity index (χ4v) is 4.21. The summed E-state index contributed by atoms with van der Waals surface area (Å²) >= 11 is 3.21. The monoisotopic (exact) mass is 325 g/mol. The van der Waals surface area contributed by atoms with Crippen LogP contribution in [0.15, 0.2) is 22.7 Å². The number of ketones is 1. The lowest BCUT2D eigenvalue weighted by atomic mass is 9.80. The maximum absolute atomic E-state index is 13.5. The highest BCUT2D eigenvalue weighted by molar-refractivity contribution is 9.10. The summed E-state index contributed by atoms with van der Waals surface area (Å²) in [4.78, 5) is 12.5. The van der Waals surface area contributed by atoms with Gasteiger partial charge in [-0.25, -0.2) is 4.39 Å². The van der Waals surface area contributed by atoms with Gasteiger partial charge in [-0.05, 0) is 58.7 Å². The van der Waals surface area contributed by atoms with E-state index >= 15 is 0 Å². The smallest absolute Gasteiger partial charge is 0.142 e. The fourth-order valence-electron chi connectivity index (χ4n) is 3.80. The molecule has 0 heterocycles. The number of nitrogens with two attached hydrogens (primary N) is 1. The molecule has 0 aromatic heterocycles. The highest BCUT2D eigenvalue weighted by Crippen LogP contribution is 2.48. The van der Waals surface area contributed by atoms with E-state index in [2.05, 4.69) is 15.9 Å². The molecule has 0 radical (unpaired) electrons. The van der Waals surface area contributed by atoms with Crippen LogP contribution < -0.4 is 5.73 Å². The van der Waals surface area contributed by atoms with Crippen LogP contribution in [0.1, 0.15) is 24.8 Å². The molecule has 4 heteroatoms. The van der Waals surface area contributed by atoms with Gasteiger partial charge in [0.1, 0.15) is 11.6 Å². The van der Waals surface area contributed by atoms with Crippen LogP contribution in [-0.4, -0.2) is 11.8 Å². The first-order valence-corrected chi connectivity index (χ1v) is 7.58. The Balaban J connectivity index is 1.77. The summed E-state index contributed by atoms with van der Waals surface area (Å²) in [7, 11) is 0. The molecular formula is C15H17BrFNO. The predicted octanol–water partition coefficient (Wildman–Crippen LogP) is 3.07. The van der Waals surface area contributed by atoms with E-state index in [1.165, 1.54) is 12.5 Å². The van der Waals surface area contributed by atoms with Gasteiger partial charge in [0.2, 0.25) is 0 Å². The topological polar surface area (TPSA) is 43.1 Å². The molecule has 0 aliphatic heterocycles. The van der Waals surface area contributed by atoms with Crippen molar-refractivity contribution in [2.75, 3.05) is 0 Å². The van der Waals surface area contributed by atoms with E-state index in [4.69, 9.17) is 5.73 Å². The molecule has 2 aliphatic carbocycles. The number of hydrogen-bond donors (Lipinski definition) is 1. The van der Waals surface area contributed by atoms with Crippen LogP contribution in [0.3, 0.4) is 0 Å². The summed E-state index contributed by atoms with van der Waals surface area (Å²) in [5, 5.41) is 0. The van der Waals surface area contributed by atoms with E-state index < -0.39 is 0 Å². The molecule has 0 amide bonds. The fraction of sp³-hybridized carbons (Fsp3) is 0.533. The highest BCUT2D eigenvalue weighted by atomic mass is 79.9. The van der Waals surface area contributed by atoms with Gasteiger partial charge in [0.05, 0.1) is 4.47 Å². The first-order valence-electron chi connectivity index (χ1n) is 6.79. The van der Waals surface area contributed by atoms with Crippen LogP contribution in [0.2, 0.25) is 0 Å². The predicted molar refractivity (Wildman–Crippen MR) is 75.1 cm³/mol. The highest BCUT2D eigenvalue weighted by Gasteiger charge is 2.48. The molecule has 2 N–H and O–H groups in total. The SMILES string of the molecule is NC1C2CCC(C2)C1C(=O)Cc1cccc(F)c1Br. The number of carbonyl (C=O) groups is 1. The summed E-state index contributed by atoms with van der Waals surface area (Å²) in [6.07, 6.45) is 3.67. The first kappa shape index (κ1) is 13.3. The molecule has 2 fully saturated rings. The molecule has 1 aromatic carbocycles. The zero-order valence-corrected chi connectivity index (χ0v) is 12.2. The van der Waals surface area contributed by atoms with Crippen LogP contribution in [0, 0.1) is 23.6 Å². The van der Waals surface area contributed by atoms with Gasteiger partial charge in [-0.1, -0.05) is 12.1 Å². The third kappa shape index (κ3) is 2.25. The Morgan fingerprint density at radius 1 is 1.37 bits per heavy atom. The van der Waals surface area contributed by atoms with Gasteiger partial charge in [-0.3, -0.25) is 4.79 Å². The number of hydrogen-bond acceptors (Lipinski definition) is 2. The summed E-state index contributed by atoms with van der Waals surface area (Å²) in [5.74, 6) is 0.817. The zero-order valence-electron chi connectivity index (χ0n) is 10.6. The summed E-state index contributed by atoms with van der Waals surface area (Å²) in [6.45, 7) is 0. The number of carbonyl (C=O) groups excluding carboxylic acids is 1. The molecule has 0 spiro atoms. The van der Waals surface area contributed by atoms with Gasteiger partial charge in [0.25, 0.3) is 0 Å². The molecule has 4 atom stereocenters.